The molecule has 1 saturated heterocycles. The van der Waals surface area contributed by atoms with E-state index in [1.807, 2.05) is 0 Å². The van der Waals surface area contributed by atoms with Crippen molar-refractivity contribution in [3.8, 4) is 0 Å². The van der Waals surface area contributed by atoms with E-state index in [0.717, 1.165) is 6.54 Å². The van der Waals surface area contributed by atoms with E-state index in [0.29, 0.717) is 11.6 Å². The summed E-state index contributed by atoms with van der Waals surface area (Å²) in [7, 11) is 0. The van der Waals surface area contributed by atoms with Gasteiger partial charge in [0.05, 0.1) is 0 Å². The highest BCUT2D eigenvalue weighted by atomic mass is 15.2. The van der Waals surface area contributed by atoms with Crippen molar-refractivity contribution in [1.29, 1.82) is 0 Å². The molecule has 2 aliphatic rings. The van der Waals surface area contributed by atoms with Crippen LogP contribution in [0, 0.1) is 0 Å². The van der Waals surface area contributed by atoms with Gasteiger partial charge < -0.3 is 5.32 Å². The fourth-order valence-electron chi connectivity index (χ4n) is 4.76. The van der Waals surface area contributed by atoms with Crippen molar-refractivity contribution < 1.29 is 0 Å². The third-order valence-electron chi connectivity index (χ3n) is 5.84. The summed E-state index contributed by atoms with van der Waals surface area (Å²) in [6.07, 6.45) is 11.0. The molecular formula is C20H32N2. The molecule has 0 bridgehead atoms. The van der Waals surface area contributed by atoms with Crippen LogP contribution >= 0.6 is 0 Å². The third-order valence-corrected chi connectivity index (χ3v) is 5.84. The minimum absolute atomic E-state index is 0.409. The number of likely N-dealkylation sites (tertiary alicyclic amines) is 1. The number of rotatable bonds is 6. The summed E-state index contributed by atoms with van der Waals surface area (Å²) in [4.78, 5) is 2.86. The van der Waals surface area contributed by atoms with Crippen LogP contribution < -0.4 is 5.32 Å². The second-order valence-electron chi connectivity index (χ2n) is 7.16. The number of hydrogen-bond donors (Lipinski definition) is 1. The molecule has 2 fully saturated rings. The number of likely N-dealkylation sites (N-methyl/N-ethyl adjacent to an activating group) is 1. The Morgan fingerprint density at radius 2 is 1.68 bits per heavy atom. The lowest BCUT2D eigenvalue weighted by atomic mass is 9.81. The van der Waals surface area contributed by atoms with E-state index in [4.69, 9.17) is 0 Å². The van der Waals surface area contributed by atoms with Crippen LogP contribution in [0.4, 0.5) is 0 Å². The summed E-state index contributed by atoms with van der Waals surface area (Å²) in [5.41, 5.74) is 1.89. The van der Waals surface area contributed by atoms with Crippen LogP contribution in [0.5, 0.6) is 0 Å². The van der Waals surface area contributed by atoms with Gasteiger partial charge in [-0.3, -0.25) is 4.90 Å². The zero-order valence-corrected chi connectivity index (χ0v) is 14.2. The average Bonchev–Trinajstić information content (AvgIpc) is 3.07. The lowest BCUT2D eigenvalue weighted by Crippen LogP contribution is -2.61. The van der Waals surface area contributed by atoms with Crippen LogP contribution in [0.25, 0.3) is 0 Å². The van der Waals surface area contributed by atoms with Gasteiger partial charge in [0, 0.05) is 11.6 Å². The van der Waals surface area contributed by atoms with Crippen molar-refractivity contribution in [2.24, 2.45) is 0 Å². The molecule has 1 heterocycles. The first-order valence-electron chi connectivity index (χ1n) is 9.37. The number of piperidine rings is 1. The van der Waals surface area contributed by atoms with Gasteiger partial charge in [-0.2, -0.15) is 0 Å². The molecule has 0 radical (unpaired) electrons. The highest BCUT2D eigenvalue weighted by molar-refractivity contribution is 5.18. The Kier molecular flexibility index (Phi) is 5.54. The second-order valence-corrected chi connectivity index (χ2v) is 7.16. The minimum atomic E-state index is 0.409. The quantitative estimate of drug-likeness (QED) is 0.854. The van der Waals surface area contributed by atoms with E-state index < -0.39 is 0 Å². The number of nitrogens with zero attached hydrogens (tertiary/aromatic N) is 1. The summed E-state index contributed by atoms with van der Waals surface area (Å²) in [6, 6.07) is 11.7. The Bertz CT molecular complexity index is 430. The van der Waals surface area contributed by atoms with Gasteiger partial charge in [0.25, 0.3) is 0 Å². The van der Waals surface area contributed by atoms with E-state index in [2.05, 4.69) is 47.5 Å². The van der Waals surface area contributed by atoms with Crippen LogP contribution in [-0.4, -0.2) is 36.1 Å². The molecule has 0 amide bonds. The van der Waals surface area contributed by atoms with Gasteiger partial charge in [0.1, 0.15) is 0 Å². The number of benzene rings is 1. The normalized spacial score (nSPS) is 23.5. The van der Waals surface area contributed by atoms with E-state index in [-0.39, 0.29) is 0 Å². The molecule has 1 saturated carbocycles. The average molecular weight is 300 g/mol. The fraction of sp³-hybridized carbons (Fsp3) is 0.700. The third kappa shape index (κ3) is 3.38. The monoisotopic (exact) mass is 300 g/mol. The Balaban J connectivity index is 1.82. The molecule has 3 rings (SSSR count). The van der Waals surface area contributed by atoms with E-state index in [9.17, 15) is 0 Å². The first-order valence-corrected chi connectivity index (χ1v) is 9.37. The van der Waals surface area contributed by atoms with Crippen LogP contribution in [0.1, 0.15) is 57.4 Å². The van der Waals surface area contributed by atoms with Crippen molar-refractivity contribution >= 4 is 0 Å². The molecule has 0 aromatic heterocycles. The first-order chi connectivity index (χ1) is 10.8. The minimum Gasteiger partial charge on any atom is -0.312 e. The molecule has 1 aromatic carbocycles. The summed E-state index contributed by atoms with van der Waals surface area (Å²) >= 11 is 0. The molecule has 2 nitrogen and oxygen atoms in total. The van der Waals surface area contributed by atoms with Crippen LogP contribution in [-0.2, 0) is 6.42 Å². The molecule has 0 spiro atoms. The predicted molar refractivity (Wildman–Crippen MR) is 94.2 cm³/mol. The smallest absolute Gasteiger partial charge is 0.0365 e. The van der Waals surface area contributed by atoms with Crippen molar-refractivity contribution in [2.45, 2.75) is 69.9 Å². The van der Waals surface area contributed by atoms with Gasteiger partial charge in [0.15, 0.2) is 0 Å². The second kappa shape index (κ2) is 7.61. The lowest BCUT2D eigenvalue weighted by molar-refractivity contribution is 0.0371. The molecule has 1 unspecified atom stereocenters. The fourth-order valence-corrected chi connectivity index (χ4v) is 4.76. The highest BCUT2D eigenvalue weighted by Gasteiger charge is 2.45. The molecule has 1 aromatic rings. The van der Waals surface area contributed by atoms with Crippen LogP contribution in [0.15, 0.2) is 30.3 Å². The molecule has 22 heavy (non-hydrogen) atoms. The predicted octanol–water partition coefficient (Wildman–Crippen LogP) is 4.01. The van der Waals surface area contributed by atoms with Gasteiger partial charge in [-0.1, -0.05) is 56.5 Å². The van der Waals surface area contributed by atoms with Crippen molar-refractivity contribution in [3.63, 3.8) is 0 Å². The Hall–Kier alpha value is -0.860. The lowest BCUT2D eigenvalue weighted by Gasteiger charge is -2.49. The summed E-state index contributed by atoms with van der Waals surface area (Å²) < 4.78 is 0. The first kappa shape index (κ1) is 16.0. The SMILES string of the molecule is CCNC(Cc1ccccc1)C1(N2CCCCC2)CCCC1. The van der Waals surface area contributed by atoms with E-state index in [1.165, 1.54) is 70.0 Å². The summed E-state index contributed by atoms with van der Waals surface area (Å²) in [5, 5.41) is 3.87. The topological polar surface area (TPSA) is 15.3 Å². The maximum atomic E-state index is 3.87. The van der Waals surface area contributed by atoms with Crippen LogP contribution in [0.2, 0.25) is 0 Å². The molecule has 1 N–H and O–H groups in total. The van der Waals surface area contributed by atoms with Gasteiger partial charge in [-0.15, -0.1) is 0 Å². The van der Waals surface area contributed by atoms with E-state index in [1.54, 1.807) is 0 Å². The van der Waals surface area contributed by atoms with Gasteiger partial charge in [-0.05, 0) is 57.3 Å². The molecule has 1 atom stereocenters. The van der Waals surface area contributed by atoms with Crippen LogP contribution in [0.3, 0.4) is 0 Å². The number of nitrogens with one attached hydrogen (secondary N) is 1. The number of hydrogen-bond acceptors (Lipinski definition) is 2. The van der Waals surface area contributed by atoms with Crippen molar-refractivity contribution in [1.82, 2.24) is 10.2 Å². The summed E-state index contributed by atoms with van der Waals surface area (Å²) in [6.45, 7) is 5.97. The van der Waals surface area contributed by atoms with Gasteiger partial charge in [-0.25, -0.2) is 0 Å². The molecule has 122 valence electrons. The Labute approximate surface area is 136 Å². The van der Waals surface area contributed by atoms with E-state index >= 15 is 0 Å². The zero-order valence-electron chi connectivity index (χ0n) is 14.2. The highest BCUT2D eigenvalue weighted by Crippen LogP contribution is 2.40. The van der Waals surface area contributed by atoms with Gasteiger partial charge >= 0.3 is 0 Å². The Morgan fingerprint density at radius 1 is 1.00 bits per heavy atom. The molecule has 2 heteroatoms. The molecular weight excluding hydrogens is 268 g/mol. The van der Waals surface area contributed by atoms with Crippen molar-refractivity contribution in [2.75, 3.05) is 19.6 Å². The standard InChI is InChI=1S/C20H32N2/c1-2-21-19(17-18-11-5-3-6-12-18)20(13-7-8-14-20)22-15-9-4-10-16-22/h3,5-6,11-12,19,21H,2,4,7-10,13-17H2,1H3. The largest absolute Gasteiger partial charge is 0.312 e. The summed E-state index contributed by atoms with van der Waals surface area (Å²) in [5.74, 6) is 0. The van der Waals surface area contributed by atoms with Crippen molar-refractivity contribution in [3.05, 3.63) is 35.9 Å². The maximum absolute atomic E-state index is 3.87. The maximum Gasteiger partial charge on any atom is 0.0365 e. The molecule has 1 aliphatic carbocycles. The zero-order chi connectivity index (χ0) is 15.3. The molecule has 1 aliphatic heterocycles. The Morgan fingerprint density at radius 3 is 2.32 bits per heavy atom. The van der Waals surface area contributed by atoms with Gasteiger partial charge in [0.2, 0.25) is 0 Å².